The summed E-state index contributed by atoms with van der Waals surface area (Å²) in [5, 5.41) is 4.07. The second-order valence-electron chi connectivity index (χ2n) is 10.2. The summed E-state index contributed by atoms with van der Waals surface area (Å²) in [7, 11) is -4.17. The summed E-state index contributed by atoms with van der Waals surface area (Å²) in [6.07, 6.45) is 3.85. The van der Waals surface area contributed by atoms with Gasteiger partial charge in [0.15, 0.2) is 0 Å². The molecule has 1 aliphatic carbocycles. The lowest BCUT2D eigenvalue weighted by Crippen LogP contribution is -2.52. The van der Waals surface area contributed by atoms with Crippen LogP contribution in [0.15, 0.2) is 71.6 Å². The molecule has 0 spiro atoms. The largest absolute Gasteiger partial charge is 0.352 e. The molecule has 0 radical (unpaired) electrons. The maximum Gasteiger partial charge on any atom is 0.264 e. The van der Waals surface area contributed by atoms with Gasteiger partial charge in [-0.1, -0.05) is 78.0 Å². The first-order chi connectivity index (χ1) is 19.5. The molecule has 11 heteroatoms. The molecule has 41 heavy (non-hydrogen) atoms. The van der Waals surface area contributed by atoms with E-state index in [-0.39, 0.29) is 29.1 Å². The highest BCUT2D eigenvalue weighted by atomic mass is 35.5. The third-order valence-corrected chi connectivity index (χ3v) is 10.2. The van der Waals surface area contributed by atoms with Crippen LogP contribution in [0.2, 0.25) is 15.1 Å². The van der Waals surface area contributed by atoms with Gasteiger partial charge >= 0.3 is 0 Å². The predicted molar refractivity (Wildman–Crippen MR) is 164 cm³/mol. The van der Waals surface area contributed by atoms with Gasteiger partial charge in [-0.3, -0.25) is 13.9 Å². The zero-order chi connectivity index (χ0) is 29.7. The van der Waals surface area contributed by atoms with Crippen molar-refractivity contribution in [1.29, 1.82) is 0 Å². The van der Waals surface area contributed by atoms with Crippen LogP contribution in [0, 0.1) is 6.92 Å². The smallest absolute Gasteiger partial charge is 0.264 e. The maximum atomic E-state index is 14.0. The van der Waals surface area contributed by atoms with Gasteiger partial charge in [0.1, 0.15) is 12.6 Å². The molecule has 1 aliphatic rings. The Hall–Kier alpha value is -2.78. The van der Waals surface area contributed by atoms with Crippen LogP contribution in [-0.2, 0) is 26.2 Å². The highest BCUT2D eigenvalue weighted by Gasteiger charge is 2.33. The first-order valence-corrected chi connectivity index (χ1v) is 15.9. The molecule has 7 nitrogen and oxygen atoms in total. The molecular weight excluding hydrogens is 605 g/mol. The Labute approximate surface area is 256 Å². The summed E-state index contributed by atoms with van der Waals surface area (Å²) in [6.45, 7) is 2.90. The van der Waals surface area contributed by atoms with Crippen molar-refractivity contribution in [3.05, 3.63) is 92.9 Å². The van der Waals surface area contributed by atoms with Gasteiger partial charge in [-0.15, -0.1) is 0 Å². The molecule has 0 aliphatic heterocycles. The third-order valence-electron chi connectivity index (χ3n) is 7.26. The van der Waals surface area contributed by atoms with Crippen molar-refractivity contribution >= 4 is 62.3 Å². The fraction of sp³-hybridized carbons (Fsp3) is 0.333. The van der Waals surface area contributed by atoms with Crippen LogP contribution in [0.1, 0.15) is 43.7 Å². The Morgan fingerprint density at radius 2 is 1.61 bits per heavy atom. The number of rotatable bonds is 10. The second kappa shape index (κ2) is 13.5. The number of anilines is 1. The van der Waals surface area contributed by atoms with Crippen molar-refractivity contribution in [3.63, 3.8) is 0 Å². The normalized spacial score (nSPS) is 14.5. The summed E-state index contributed by atoms with van der Waals surface area (Å²) in [5.74, 6) is -0.873. The van der Waals surface area contributed by atoms with Crippen molar-refractivity contribution < 1.29 is 18.0 Å². The van der Waals surface area contributed by atoms with Crippen LogP contribution in [0.3, 0.4) is 0 Å². The molecule has 3 aromatic rings. The zero-order valence-electron chi connectivity index (χ0n) is 22.8. The van der Waals surface area contributed by atoms with Gasteiger partial charge in [-0.25, -0.2) is 8.42 Å². The van der Waals surface area contributed by atoms with Crippen LogP contribution in [0.4, 0.5) is 5.69 Å². The molecule has 4 rings (SSSR count). The maximum absolute atomic E-state index is 14.0. The van der Waals surface area contributed by atoms with Gasteiger partial charge < -0.3 is 10.2 Å². The number of halogens is 3. The van der Waals surface area contributed by atoms with E-state index in [4.69, 9.17) is 34.8 Å². The average molecular weight is 637 g/mol. The molecule has 1 atom stereocenters. The van der Waals surface area contributed by atoms with Crippen molar-refractivity contribution in [1.82, 2.24) is 10.2 Å². The summed E-state index contributed by atoms with van der Waals surface area (Å²) in [6, 6.07) is 16.8. The number of hydrogen-bond acceptors (Lipinski definition) is 4. The van der Waals surface area contributed by atoms with E-state index < -0.39 is 28.5 Å². The quantitative estimate of drug-likeness (QED) is 0.271. The lowest BCUT2D eigenvalue weighted by molar-refractivity contribution is -0.139. The Bertz CT molecular complexity index is 1510. The fourth-order valence-corrected chi connectivity index (χ4v) is 6.72. The average Bonchev–Trinajstić information content (AvgIpc) is 3.46. The van der Waals surface area contributed by atoms with Crippen LogP contribution < -0.4 is 9.62 Å². The van der Waals surface area contributed by atoms with Crippen LogP contribution in [0.25, 0.3) is 0 Å². The molecule has 0 bridgehead atoms. The Balaban J connectivity index is 1.70. The zero-order valence-corrected chi connectivity index (χ0v) is 25.9. The molecule has 3 aromatic carbocycles. The van der Waals surface area contributed by atoms with Gasteiger partial charge in [-0.05, 0) is 74.2 Å². The molecule has 218 valence electrons. The van der Waals surface area contributed by atoms with Gasteiger partial charge in [0.25, 0.3) is 10.0 Å². The molecule has 0 unspecified atom stereocenters. The molecule has 1 saturated carbocycles. The SMILES string of the molecule is Cc1ccc(N(CC(=O)N(Cc2ccc(Cl)c(Cl)c2)[C@@H](C)C(=O)NC2CCCC2)S(=O)(=O)c2ccccc2)cc1Cl. The number of amides is 2. The van der Waals surface area contributed by atoms with Crippen molar-refractivity contribution in [2.75, 3.05) is 10.8 Å². The first kappa shape index (κ1) is 31.2. The molecule has 0 heterocycles. The number of carbonyl (C=O) groups is 2. The molecule has 1 N–H and O–H groups in total. The van der Waals surface area contributed by atoms with Gasteiger partial charge in [-0.2, -0.15) is 0 Å². The molecule has 0 saturated heterocycles. The number of sulfonamides is 1. The minimum Gasteiger partial charge on any atom is -0.352 e. The van der Waals surface area contributed by atoms with Crippen molar-refractivity contribution in [2.45, 2.75) is 63.1 Å². The topological polar surface area (TPSA) is 86.8 Å². The van der Waals surface area contributed by atoms with Gasteiger partial charge in [0.05, 0.1) is 20.6 Å². The van der Waals surface area contributed by atoms with Crippen LogP contribution in [0.5, 0.6) is 0 Å². The molecule has 0 aromatic heterocycles. The van der Waals surface area contributed by atoms with E-state index in [0.29, 0.717) is 20.6 Å². The lowest BCUT2D eigenvalue weighted by Gasteiger charge is -2.32. The highest BCUT2D eigenvalue weighted by Crippen LogP contribution is 2.29. The number of aryl methyl sites for hydroxylation is 1. The van der Waals surface area contributed by atoms with Gasteiger partial charge in [0, 0.05) is 17.6 Å². The summed E-state index contributed by atoms with van der Waals surface area (Å²) >= 11 is 18.7. The number of carbonyl (C=O) groups excluding carboxylic acids is 2. The second-order valence-corrected chi connectivity index (χ2v) is 13.3. The molecular formula is C30H32Cl3N3O4S. The number of benzene rings is 3. The Morgan fingerprint density at radius 3 is 2.24 bits per heavy atom. The first-order valence-electron chi connectivity index (χ1n) is 13.3. The minimum atomic E-state index is -4.17. The Morgan fingerprint density at radius 1 is 0.927 bits per heavy atom. The number of hydrogen-bond donors (Lipinski definition) is 1. The van der Waals surface area contributed by atoms with Crippen LogP contribution >= 0.6 is 34.8 Å². The summed E-state index contributed by atoms with van der Waals surface area (Å²) < 4.78 is 28.8. The van der Waals surface area contributed by atoms with E-state index in [1.165, 1.54) is 23.1 Å². The standard InChI is InChI=1S/C30H32Cl3N3O4S/c1-20-12-14-24(17-27(20)32)36(41(39,40)25-10-4-3-5-11-25)19-29(37)35(18-22-13-15-26(31)28(33)16-22)21(2)30(38)34-23-8-6-7-9-23/h3-5,10-17,21,23H,6-9,18-19H2,1-2H3,(H,34,38)/t21-/m0/s1. The van der Waals surface area contributed by atoms with E-state index in [2.05, 4.69) is 5.32 Å². The minimum absolute atomic E-state index is 0.0167. The van der Waals surface area contributed by atoms with E-state index in [1.54, 1.807) is 62.4 Å². The number of nitrogens with one attached hydrogen (secondary N) is 1. The summed E-state index contributed by atoms with van der Waals surface area (Å²) in [5.41, 5.74) is 1.64. The molecule has 1 fully saturated rings. The number of nitrogens with zero attached hydrogens (tertiary/aromatic N) is 2. The van der Waals surface area contributed by atoms with E-state index in [0.717, 1.165) is 35.6 Å². The molecule has 2 amide bonds. The highest BCUT2D eigenvalue weighted by molar-refractivity contribution is 7.92. The van der Waals surface area contributed by atoms with Crippen LogP contribution in [-0.4, -0.2) is 43.8 Å². The third kappa shape index (κ3) is 7.55. The van der Waals surface area contributed by atoms with Crippen molar-refractivity contribution in [2.24, 2.45) is 0 Å². The monoisotopic (exact) mass is 635 g/mol. The lowest BCUT2D eigenvalue weighted by atomic mass is 10.1. The van der Waals surface area contributed by atoms with E-state index in [1.807, 2.05) is 0 Å². The van der Waals surface area contributed by atoms with E-state index in [9.17, 15) is 18.0 Å². The van der Waals surface area contributed by atoms with E-state index >= 15 is 0 Å². The van der Waals surface area contributed by atoms with Crippen molar-refractivity contribution in [3.8, 4) is 0 Å². The predicted octanol–water partition coefficient (Wildman–Crippen LogP) is 6.63. The van der Waals surface area contributed by atoms with Gasteiger partial charge in [0.2, 0.25) is 11.8 Å². The fourth-order valence-electron chi connectivity index (χ4n) is 4.79. The Kier molecular flexibility index (Phi) is 10.2. The summed E-state index contributed by atoms with van der Waals surface area (Å²) in [4.78, 5) is 28.7.